The van der Waals surface area contributed by atoms with E-state index in [9.17, 15) is 10.1 Å². The molecule has 0 saturated carbocycles. The predicted molar refractivity (Wildman–Crippen MR) is 70.3 cm³/mol. The van der Waals surface area contributed by atoms with E-state index in [1.165, 1.54) is 0 Å². The molecule has 0 heterocycles. The van der Waals surface area contributed by atoms with Crippen LogP contribution in [0.5, 0.6) is 0 Å². The van der Waals surface area contributed by atoms with E-state index in [1.54, 1.807) is 6.92 Å². The zero-order chi connectivity index (χ0) is 12.8. The SMILES string of the molecule is CC1(C#N)CCc2c(ccc3ccccc23)C1=O. The molecule has 0 bridgehead atoms. The second-order valence-electron chi connectivity index (χ2n) is 5.09. The first-order valence-corrected chi connectivity index (χ1v) is 6.12. The lowest BCUT2D eigenvalue weighted by molar-refractivity contribution is 0.0854. The number of hydrogen-bond donors (Lipinski definition) is 0. The fourth-order valence-electron chi connectivity index (χ4n) is 2.71. The summed E-state index contributed by atoms with van der Waals surface area (Å²) < 4.78 is 0. The molecule has 1 unspecified atom stereocenters. The van der Waals surface area contributed by atoms with Crippen molar-refractivity contribution in [3.63, 3.8) is 0 Å². The third-order valence-electron chi connectivity index (χ3n) is 3.91. The van der Waals surface area contributed by atoms with Crippen LogP contribution in [0.15, 0.2) is 36.4 Å². The van der Waals surface area contributed by atoms with Crippen LogP contribution in [0, 0.1) is 16.7 Å². The lowest BCUT2D eigenvalue weighted by Gasteiger charge is -2.27. The standard InChI is InChI=1S/C16H13NO/c1-16(10-17)9-8-13-12-5-3-2-4-11(12)6-7-14(13)15(16)18/h2-7H,8-9H2,1H3. The Morgan fingerprint density at radius 1 is 1.22 bits per heavy atom. The molecule has 0 aliphatic heterocycles. The quantitative estimate of drug-likeness (QED) is 0.701. The highest BCUT2D eigenvalue weighted by molar-refractivity contribution is 6.07. The highest BCUT2D eigenvalue weighted by Crippen LogP contribution is 2.37. The van der Waals surface area contributed by atoms with Crippen molar-refractivity contribution in [1.29, 1.82) is 5.26 Å². The Balaban J connectivity index is 2.28. The maximum absolute atomic E-state index is 12.4. The van der Waals surface area contributed by atoms with Crippen LogP contribution >= 0.6 is 0 Å². The second-order valence-corrected chi connectivity index (χ2v) is 5.09. The topological polar surface area (TPSA) is 40.9 Å². The highest BCUT2D eigenvalue weighted by Gasteiger charge is 2.38. The van der Waals surface area contributed by atoms with Crippen molar-refractivity contribution in [1.82, 2.24) is 0 Å². The van der Waals surface area contributed by atoms with E-state index in [-0.39, 0.29) is 5.78 Å². The third-order valence-corrected chi connectivity index (χ3v) is 3.91. The summed E-state index contributed by atoms with van der Waals surface area (Å²) in [5.74, 6) is -0.0306. The van der Waals surface area contributed by atoms with Crippen LogP contribution in [0.25, 0.3) is 10.8 Å². The summed E-state index contributed by atoms with van der Waals surface area (Å²) in [4.78, 5) is 12.4. The molecule has 2 aromatic carbocycles. The van der Waals surface area contributed by atoms with Gasteiger partial charge in [-0.2, -0.15) is 5.26 Å². The van der Waals surface area contributed by atoms with Gasteiger partial charge in [0.25, 0.3) is 0 Å². The van der Waals surface area contributed by atoms with Crippen molar-refractivity contribution in [2.24, 2.45) is 5.41 Å². The van der Waals surface area contributed by atoms with E-state index >= 15 is 0 Å². The molecule has 3 rings (SSSR count). The minimum atomic E-state index is -0.852. The van der Waals surface area contributed by atoms with E-state index in [2.05, 4.69) is 18.2 Å². The summed E-state index contributed by atoms with van der Waals surface area (Å²) in [6.45, 7) is 1.74. The van der Waals surface area contributed by atoms with Crippen LogP contribution in [-0.2, 0) is 6.42 Å². The van der Waals surface area contributed by atoms with Crippen molar-refractivity contribution < 1.29 is 4.79 Å². The van der Waals surface area contributed by atoms with Crippen LogP contribution in [0.1, 0.15) is 29.3 Å². The van der Waals surface area contributed by atoms with Gasteiger partial charge in [-0.05, 0) is 36.1 Å². The van der Waals surface area contributed by atoms with E-state index in [4.69, 9.17) is 0 Å². The lowest BCUT2D eigenvalue weighted by Crippen LogP contribution is -2.31. The maximum Gasteiger partial charge on any atom is 0.183 e. The Labute approximate surface area is 106 Å². The molecule has 0 saturated heterocycles. The van der Waals surface area contributed by atoms with Crippen molar-refractivity contribution in [3.8, 4) is 6.07 Å². The van der Waals surface area contributed by atoms with Gasteiger partial charge in [-0.1, -0.05) is 36.4 Å². The molecular formula is C16H13NO. The summed E-state index contributed by atoms with van der Waals surface area (Å²) >= 11 is 0. The molecule has 88 valence electrons. The fraction of sp³-hybridized carbons (Fsp3) is 0.250. The van der Waals surface area contributed by atoms with E-state index in [1.807, 2.05) is 24.3 Å². The third kappa shape index (κ3) is 1.37. The van der Waals surface area contributed by atoms with Gasteiger partial charge in [0.2, 0.25) is 0 Å². The van der Waals surface area contributed by atoms with Crippen LogP contribution < -0.4 is 0 Å². The molecule has 0 fully saturated rings. The first-order valence-electron chi connectivity index (χ1n) is 6.12. The molecule has 1 atom stereocenters. The Kier molecular flexibility index (Phi) is 2.24. The smallest absolute Gasteiger partial charge is 0.183 e. The molecule has 18 heavy (non-hydrogen) atoms. The average Bonchev–Trinajstić information content (AvgIpc) is 2.42. The number of hydrogen-bond acceptors (Lipinski definition) is 2. The van der Waals surface area contributed by atoms with Gasteiger partial charge in [-0.25, -0.2) is 0 Å². The van der Waals surface area contributed by atoms with Gasteiger partial charge in [0.1, 0.15) is 5.41 Å². The van der Waals surface area contributed by atoms with Gasteiger partial charge in [0.05, 0.1) is 6.07 Å². The number of fused-ring (bicyclic) bond motifs is 3. The summed E-state index contributed by atoms with van der Waals surface area (Å²) in [5.41, 5.74) is 0.977. The number of Topliss-reactive ketones (excluding diaryl/α,β-unsaturated/α-hetero) is 1. The maximum atomic E-state index is 12.4. The number of carbonyl (C=O) groups is 1. The van der Waals surface area contributed by atoms with Crippen molar-refractivity contribution in [3.05, 3.63) is 47.5 Å². The van der Waals surface area contributed by atoms with E-state index in [0.717, 1.165) is 28.3 Å². The molecule has 2 heteroatoms. The molecule has 0 N–H and O–H groups in total. The number of nitriles is 1. The monoisotopic (exact) mass is 235 g/mol. The first-order chi connectivity index (χ1) is 8.65. The summed E-state index contributed by atoms with van der Waals surface area (Å²) in [7, 11) is 0. The number of ketones is 1. The Hall–Kier alpha value is -2.14. The largest absolute Gasteiger partial charge is 0.292 e. The normalized spacial score (nSPS) is 22.6. The number of nitrogens with zero attached hydrogens (tertiary/aromatic N) is 1. The van der Waals surface area contributed by atoms with Crippen molar-refractivity contribution in [2.75, 3.05) is 0 Å². The molecule has 2 aromatic rings. The minimum absolute atomic E-state index is 0.0306. The number of aryl methyl sites for hydroxylation is 1. The summed E-state index contributed by atoms with van der Waals surface area (Å²) in [6, 6.07) is 14.1. The molecular weight excluding hydrogens is 222 g/mol. The van der Waals surface area contributed by atoms with Gasteiger partial charge < -0.3 is 0 Å². The zero-order valence-corrected chi connectivity index (χ0v) is 10.2. The zero-order valence-electron chi connectivity index (χ0n) is 10.2. The Bertz CT molecular complexity index is 696. The molecule has 2 nitrogen and oxygen atoms in total. The Morgan fingerprint density at radius 2 is 2.00 bits per heavy atom. The fourth-order valence-corrected chi connectivity index (χ4v) is 2.71. The molecule has 1 aliphatic rings. The van der Waals surface area contributed by atoms with Crippen molar-refractivity contribution in [2.45, 2.75) is 19.8 Å². The lowest BCUT2D eigenvalue weighted by atomic mass is 9.72. The molecule has 1 aliphatic carbocycles. The van der Waals surface area contributed by atoms with Crippen LogP contribution in [0.4, 0.5) is 0 Å². The van der Waals surface area contributed by atoms with Crippen LogP contribution in [0.2, 0.25) is 0 Å². The molecule has 0 radical (unpaired) electrons. The van der Waals surface area contributed by atoms with Gasteiger partial charge >= 0.3 is 0 Å². The van der Waals surface area contributed by atoms with E-state index < -0.39 is 5.41 Å². The van der Waals surface area contributed by atoms with Crippen LogP contribution in [0.3, 0.4) is 0 Å². The number of benzene rings is 2. The molecule has 0 aromatic heterocycles. The number of carbonyl (C=O) groups excluding carboxylic acids is 1. The molecule has 0 amide bonds. The predicted octanol–water partition coefficient (Wildman–Crippen LogP) is 3.50. The summed E-state index contributed by atoms with van der Waals surface area (Å²) in [6.07, 6.45) is 1.41. The van der Waals surface area contributed by atoms with E-state index in [0.29, 0.717) is 6.42 Å². The average molecular weight is 235 g/mol. The molecule has 0 spiro atoms. The van der Waals surface area contributed by atoms with Crippen molar-refractivity contribution >= 4 is 16.6 Å². The van der Waals surface area contributed by atoms with Gasteiger partial charge in [-0.3, -0.25) is 4.79 Å². The minimum Gasteiger partial charge on any atom is -0.292 e. The summed E-state index contributed by atoms with van der Waals surface area (Å²) in [5, 5.41) is 11.5. The van der Waals surface area contributed by atoms with Gasteiger partial charge in [0, 0.05) is 5.56 Å². The Morgan fingerprint density at radius 3 is 2.78 bits per heavy atom. The van der Waals surface area contributed by atoms with Crippen LogP contribution in [-0.4, -0.2) is 5.78 Å². The first kappa shape index (κ1) is 11.0. The number of rotatable bonds is 0. The second kappa shape index (κ2) is 3.68. The highest BCUT2D eigenvalue weighted by atomic mass is 16.1. The van der Waals surface area contributed by atoms with Gasteiger partial charge in [-0.15, -0.1) is 0 Å². The van der Waals surface area contributed by atoms with Gasteiger partial charge in [0.15, 0.2) is 5.78 Å².